The fourth-order valence-corrected chi connectivity index (χ4v) is 4.33. The van der Waals surface area contributed by atoms with Crippen LogP contribution in [-0.2, 0) is 27.9 Å². The fourth-order valence-electron chi connectivity index (χ4n) is 2.42. The zero-order valence-electron chi connectivity index (χ0n) is 13.4. The van der Waals surface area contributed by atoms with E-state index in [1.807, 2.05) is 0 Å². The molecule has 0 aliphatic carbocycles. The van der Waals surface area contributed by atoms with Crippen molar-refractivity contribution in [3.05, 3.63) is 17.5 Å². The number of alkyl halides is 4. The third-order valence-electron chi connectivity index (χ3n) is 3.70. The number of halogens is 4. The van der Waals surface area contributed by atoms with Crippen LogP contribution in [0.2, 0.25) is 0 Å². The third kappa shape index (κ3) is 3.01. The van der Waals surface area contributed by atoms with E-state index in [1.54, 1.807) is 0 Å². The summed E-state index contributed by atoms with van der Waals surface area (Å²) in [5, 5.41) is 4.34. The smallest absolute Gasteiger partial charge is 0.385 e. The molecule has 2 rings (SSSR count). The summed E-state index contributed by atoms with van der Waals surface area (Å²) < 4.78 is 80.0. The number of rotatable bonds is 3. The summed E-state index contributed by atoms with van der Waals surface area (Å²) in [6.07, 6.45) is -6.39. The standard InChI is InChI=1S/C13H17F4N3O3S/c1-5-8(9-7(13(15,16)17)6-20(4)18-9)24(21,22)11-10(14)12(2,3)23-19-11/h6,8,10H,5H2,1-4H3. The highest BCUT2D eigenvalue weighted by molar-refractivity contribution is 8.06. The molecule has 0 fully saturated rings. The van der Waals surface area contributed by atoms with Crippen LogP contribution in [0.4, 0.5) is 17.6 Å². The van der Waals surface area contributed by atoms with Gasteiger partial charge in [0.15, 0.2) is 11.8 Å². The minimum Gasteiger partial charge on any atom is -0.385 e. The van der Waals surface area contributed by atoms with Crippen molar-refractivity contribution in [2.75, 3.05) is 0 Å². The van der Waals surface area contributed by atoms with Gasteiger partial charge in [0.2, 0.25) is 14.9 Å². The van der Waals surface area contributed by atoms with E-state index in [0.29, 0.717) is 6.20 Å². The Hall–Kier alpha value is -1.65. The Bertz CT molecular complexity index is 768. The average Bonchev–Trinajstić information content (AvgIpc) is 2.92. The minimum atomic E-state index is -4.78. The monoisotopic (exact) mass is 371 g/mol. The van der Waals surface area contributed by atoms with Crippen LogP contribution in [0.1, 0.15) is 43.7 Å². The van der Waals surface area contributed by atoms with Gasteiger partial charge in [0.05, 0.1) is 11.3 Å². The van der Waals surface area contributed by atoms with E-state index in [2.05, 4.69) is 10.3 Å². The minimum absolute atomic E-state index is 0.228. The Labute approximate surface area is 136 Å². The van der Waals surface area contributed by atoms with Crippen LogP contribution in [-0.4, -0.2) is 35.0 Å². The van der Waals surface area contributed by atoms with Gasteiger partial charge in [-0.2, -0.15) is 18.3 Å². The first kappa shape index (κ1) is 18.7. The maximum atomic E-state index is 14.3. The lowest BCUT2D eigenvalue weighted by Gasteiger charge is -2.20. The molecule has 2 atom stereocenters. The van der Waals surface area contributed by atoms with Crippen molar-refractivity contribution in [1.82, 2.24) is 9.78 Å². The number of oxime groups is 1. The van der Waals surface area contributed by atoms with Crippen molar-refractivity contribution in [2.24, 2.45) is 12.2 Å². The van der Waals surface area contributed by atoms with Crippen LogP contribution < -0.4 is 0 Å². The summed E-state index contributed by atoms with van der Waals surface area (Å²) in [5.74, 6) is 0. The van der Waals surface area contributed by atoms with Crippen molar-refractivity contribution in [3.63, 3.8) is 0 Å². The van der Waals surface area contributed by atoms with Crippen molar-refractivity contribution in [1.29, 1.82) is 0 Å². The Morgan fingerprint density at radius 1 is 1.42 bits per heavy atom. The molecular weight excluding hydrogens is 354 g/mol. The highest BCUT2D eigenvalue weighted by atomic mass is 32.2. The van der Waals surface area contributed by atoms with Crippen molar-refractivity contribution < 1.29 is 30.8 Å². The van der Waals surface area contributed by atoms with Gasteiger partial charge < -0.3 is 4.84 Å². The van der Waals surface area contributed by atoms with E-state index >= 15 is 0 Å². The van der Waals surface area contributed by atoms with Gasteiger partial charge >= 0.3 is 6.18 Å². The van der Waals surface area contributed by atoms with E-state index in [9.17, 15) is 26.0 Å². The van der Waals surface area contributed by atoms with Gasteiger partial charge in [-0.05, 0) is 20.3 Å². The Morgan fingerprint density at radius 3 is 2.42 bits per heavy atom. The van der Waals surface area contributed by atoms with Gasteiger partial charge in [0, 0.05) is 13.2 Å². The molecule has 6 nitrogen and oxygen atoms in total. The van der Waals surface area contributed by atoms with E-state index < -0.39 is 49.3 Å². The molecule has 24 heavy (non-hydrogen) atoms. The summed E-state index contributed by atoms with van der Waals surface area (Å²) in [7, 11) is -3.27. The second-order valence-electron chi connectivity index (χ2n) is 6.03. The van der Waals surface area contributed by atoms with E-state index in [0.717, 1.165) is 4.68 Å². The zero-order chi connectivity index (χ0) is 18.5. The first-order valence-corrected chi connectivity index (χ1v) is 8.61. The van der Waals surface area contributed by atoms with E-state index in [1.165, 1.54) is 27.8 Å². The van der Waals surface area contributed by atoms with Gasteiger partial charge in [-0.1, -0.05) is 12.1 Å². The molecule has 1 aromatic rings. The highest BCUT2D eigenvalue weighted by Gasteiger charge is 2.51. The maximum Gasteiger partial charge on any atom is 0.419 e. The van der Waals surface area contributed by atoms with E-state index in [4.69, 9.17) is 4.84 Å². The molecule has 0 saturated carbocycles. The Balaban J connectivity index is 2.54. The summed E-state index contributed by atoms with van der Waals surface area (Å²) in [6, 6.07) is 0. The van der Waals surface area contributed by atoms with Crippen LogP contribution >= 0.6 is 0 Å². The largest absolute Gasteiger partial charge is 0.419 e. The maximum absolute atomic E-state index is 14.3. The first-order valence-electron chi connectivity index (χ1n) is 7.07. The lowest BCUT2D eigenvalue weighted by Crippen LogP contribution is -2.39. The van der Waals surface area contributed by atoms with Crippen LogP contribution in [0.25, 0.3) is 0 Å². The molecule has 0 radical (unpaired) electrons. The van der Waals surface area contributed by atoms with E-state index in [-0.39, 0.29) is 6.42 Å². The molecule has 0 N–H and O–H groups in total. The predicted octanol–water partition coefficient (Wildman–Crippen LogP) is 2.77. The Morgan fingerprint density at radius 2 is 2.00 bits per heavy atom. The van der Waals surface area contributed by atoms with Crippen molar-refractivity contribution >= 4 is 14.9 Å². The van der Waals surface area contributed by atoms with Gasteiger partial charge in [0.1, 0.15) is 5.25 Å². The average molecular weight is 371 g/mol. The third-order valence-corrected chi connectivity index (χ3v) is 5.87. The number of aryl methyl sites for hydroxylation is 1. The predicted molar refractivity (Wildman–Crippen MR) is 77.7 cm³/mol. The SMILES string of the molecule is CCC(c1nn(C)cc1C(F)(F)F)S(=O)(=O)C1=NOC(C)(C)C1F. The molecule has 11 heteroatoms. The fraction of sp³-hybridized carbons (Fsp3) is 0.692. The second-order valence-corrected chi connectivity index (χ2v) is 8.11. The van der Waals surface area contributed by atoms with Gasteiger partial charge in [-0.3, -0.25) is 4.68 Å². The van der Waals surface area contributed by atoms with Crippen LogP contribution in [0.5, 0.6) is 0 Å². The molecule has 0 amide bonds. The molecular formula is C13H17F4N3O3S. The first-order chi connectivity index (χ1) is 10.8. The number of nitrogens with zero attached hydrogens (tertiary/aromatic N) is 3. The van der Waals surface area contributed by atoms with Crippen molar-refractivity contribution in [2.45, 2.75) is 50.4 Å². The molecule has 0 bridgehead atoms. The summed E-state index contributed by atoms with van der Waals surface area (Å²) in [4.78, 5) is 4.77. The van der Waals surface area contributed by atoms with Gasteiger partial charge in [-0.15, -0.1) is 0 Å². The molecule has 1 aliphatic heterocycles. The molecule has 1 aromatic heterocycles. The van der Waals surface area contributed by atoms with Crippen LogP contribution in [0, 0.1) is 0 Å². The molecule has 0 saturated heterocycles. The topological polar surface area (TPSA) is 73.5 Å². The molecule has 0 aromatic carbocycles. The second kappa shape index (κ2) is 5.71. The molecule has 2 unspecified atom stereocenters. The van der Waals surface area contributed by atoms with Gasteiger partial charge in [0.25, 0.3) is 0 Å². The molecule has 136 valence electrons. The lowest BCUT2D eigenvalue weighted by atomic mass is 10.1. The Kier molecular flexibility index (Phi) is 4.45. The van der Waals surface area contributed by atoms with Crippen LogP contribution in [0.3, 0.4) is 0 Å². The van der Waals surface area contributed by atoms with Crippen molar-refractivity contribution in [3.8, 4) is 0 Å². The quantitative estimate of drug-likeness (QED) is 0.766. The normalized spacial score (nSPS) is 22.2. The number of aromatic nitrogens is 2. The number of hydrogen-bond acceptors (Lipinski definition) is 5. The van der Waals surface area contributed by atoms with Crippen LogP contribution in [0.15, 0.2) is 11.4 Å². The lowest BCUT2D eigenvalue weighted by molar-refractivity contribution is -0.138. The summed E-state index contributed by atoms with van der Waals surface area (Å²) >= 11 is 0. The highest BCUT2D eigenvalue weighted by Crippen LogP contribution is 2.40. The zero-order valence-corrected chi connectivity index (χ0v) is 14.2. The molecule has 2 heterocycles. The summed E-state index contributed by atoms with van der Waals surface area (Å²) in [5.41, 5.74) is -3.35. The molecule has 0 spiro atoms. The molecule has 1 aliphatic rings. The number of hydrogen-bond donors (Lipinski definition) is 0. The summed E-state index contributed by atoms with van der Waals surface area (Å²) in [6.45, 7) is 3.98. The van der Waals surface area contributed by atoms with Gasteiger partial charge in [-0.25, -0.2) is 12.8 Å². The number of sulfone groups is 1.